The fourth-order valence-electron chi connectivity index (χ4n) is 1.89. The van der Waals surface area contributed by atoms with Gasteiger partial charge in [0.1, 0.15) is 5.75 Å². The first-order valence-electron chi connectivity index (χ1n) is 6.17. The van der Waals surface area contributed by atoms with Crippen LogP contribution >= 0.6 is 15.9 Å². The van der Waals surface area contributed by atoms with Crippen molar-refractivity contribution in [2.45, 2.75) is 19.5 Å². The number of aromatic nitrogens is 1. The van der Waals surface area contributed by atoms with Crippen LogP contribution in [0, 0.1) is 0 Å². The summed E-state index contributed by atoms with van der Waals surface area (Å²) in [5.74, 6) is 0.893. The molecule has 0 saturated heterocycles. The Balaban J connectivity index is 2.04. The largest absolute Gasteiger partial charge is 0.496 e. The van der Waals surface area contributed by atoms with E-state index in [9.17, 15) is 0 Å². The molecule has 0 spiro atoms. The van der Waals surface area contributed by atoms with Gasteiger partial charge in [0.2, 0.25) is 0 Å². The molecule has 1 N–H and O–H groups in total. The van der Waals surface area contributed by atoms with Crippen molar-refractivity contribution >= 4 is 15.9 Å². The molecule has 0 aliphatic rings. The van der Waals surface area contributed by atoms with E-state index in [0.717, 1.165) is 28.0 Å². The van der Waals surface area contributed by atoms with Crippen LogP contribution < -0.4 is 10.1 Å². The van der Waals surface area contributed by atoms with Gasteiger partial charge < -0.3 is 10.1 Å². The molecule has 1 aromatic heterocycles. The number of ether oxygens (including phenoxy) is 1. The van der Waals surface area contributed by atoms with Crippen molar-refractivity contribution in [3.8, 4) is 5.75 Å². The summed E-state index contributed by atoms with van der Waals surface area (Å²) in [4.78, 5) is 4.35. The Kier molecular flexibility index (Phi) is 4.93. The molecule has 19 heavy (non-hydrogen) atoms. The monoisotopic (exact) mass is 320 g/mol. The van der Waals surface area contributed by atoms with E-state index in [-0.39, 0.29) is 6.04 Å². The van der Waals surface area contributed by atoms with Crippen LogP contribution in [0.4, 0.5) is 0 Å². The predicted octanol–water partition coefficient (Wildman–Crippen LogP) is 3.70. The minimum atomic E-state index is 0.199. The summed E-state index contributed by atoms with van der Waals surface area (Å²) in [6.45, 7) is 2.84. The van der Waals surface area contributed by atoms with Crippen LogP contribution in [-0.4, -0.2) is 12.1 Å². The van der Waals surface area contributed by atoms with Crippen molar-refractivity contribution in [1.82, 2.24) is 10.3 Å². The lowest BCUT2D eigenvalue weighted by molar-refractivity contribution is 0.405. The number of methoxy groups -OCH3 is 1. The quantitative estimate of drug-likeness (QED) is 0.912. The Morgan fingerprint density at radius 3 is 2.84 bits per heavy atom. The SMILES string of the molecule is COc1ccc(Br)cc1CN[C@H](C)c1ccccn1. The van der Waals surface area contributed by atoms with E-state index < -0.39 is 0 Å². The smallest absolute Gasteiger partial charge is 0.123 e. The van der Waals surface area contributed by atoms with Gasteiger partial charge in [0.05, 0.1) is 12.8 Å². The summed E-state index contributed by atoms with van der Waals surface area (Å²) in [7, 11) is 1.69. The number of rotatable bonds is 5. The topological polar surface area (TPSA) is 34.1 Å². The second-order valence-corrected chi connectivity index (χ2v) is 5.23. The van der Waals surface area contributed by atoms with E-state index in [1.165, 1.54) is 0 Å². The van der Waals surface area contributed by atoms with Crippen LogP contribution in [-0.2, 0) is 6.54 Å². The van der Waals surface area contributed by atoms with Crippen LogP contribution in [0.1, 0.15) is 24.2 Å². The summed E-state index contributed by atoms with van der Waals surface area (Å²) in [6, 6.07) is 12.2. The van der Waals surface area contributed by atoms with Crippen molar-refractivity contribution in [3.63, 3.8) is 0 Å². The van der Waals surface area contributed by atoms with Gasteiger partial charge in [-0.25, -0.2) is 0 Å². The molecule has 0 radical (unpaired) electrons. The molecule has 2 rings (SSSR count). The Bertz CT molecular complexity index is 531. The summed E-state index contributed by atoms with van der Waals surface area (Å²) in [5, 5.41) is 3.45. The Morgan fingerprint density at radius 1 is 1.32 bits per heavy atom. The van der Waals surface area contributed by atoms with Crippen LogP contribution in [0.5, 0.6) is 5.75 Å². The van der Waals surface area contributed by atoms with Crippen molar-refractivity contribution < 1.29 is 4.74 Å². The lowest BCUT2D eigenvalue weighted by atomic mass is 10.1. The zero-order chi connectivity index (χ0) is 13.7. The van der Waals surface area contributed by atoms with Crippen LogP contribution in [0.2, 0.25) is 0 Å². The fourth-order valence-corrected chi connectivity index (χ4v) is 2.29. The molecule has 0 saturated carbocycles. The zero-order valence-corrected chi connectivity index (χ0v) is 12.6. The highest BCUT2D eigenvalue weighted by molar-refractivity contribution is 9.10. The van der Waals surface area contributed by atoms with Crippen molar-refractivity contribution in [3.05, 3.63) is 58.3 Å². The fraction of sp³-hybridized carbons (Fsp3) is 0.267. The molecule has 1 heterocycles. The van der Waals surface area contributed by atoms with Crippen molar-refractivity contribution in [2.75, 3.05) is 7.11 Å². The van der Waals surface area contributed by atoms with Gasteiger partial charge >= 0.3 is 0 Å². The molecule has 1 atom stereocenters. The molecule has 3 nitrogen and oxygen atoms in total. The highest BCUT2D eigenvalue weighted by atomic mass is 79.9. The molecule has 4 heteroatoms. The lowest BCUT2D eigenvalue weighted by Gasteiger charge is -2.15. The second kappa shape index (κ2) is 6.68. The van der Waals surface area contributed by atoms with E-state index in [1.54, 1.807) is 7.11 Å². The molecule has 2 aromatic rings. The standard InChI is InChI=1S/C15H17BrN2O/c1-11(14-5-3-4-8-17-14)18-10-12-9-13(16)6-7-15(12)19-2/h3-9,11,18H,10H2,1-2H3/t11-/m1/s1. The summed E-state index contributed by atoms with van der Waals surface area (Å²) in [5.41, 5.74) is 2.16. The Labute approximate surface area is 122 Å². The third kappa shape index (κ3) is 3.78. The average Bonchev–Trinajstić information content (AvgIpc) is 2.46. The minimum absolute atomic E-state index is 0.199. The molecule has 0 fully saturated rings. The average molecular weight is 321 g/mol. The van der Waals surface area contributed by atoms with Gasteiger partial charge in [-0.1, -0.05) is 22.0 Å². The van der Waals surface area contributed by atoms with E-state index in [4.69, 9.17) is 4.74 Å². The minimum Gasteiger partial charge on any atom is -0.496 e. The highest BCUT2D eigenvalue weighted by Crippen LogP contribution is 2.23. The number of nitrogens with one attached hydrogen (secondary N) is 1. The maximum atomic E-state index is 5.36. The lowest BCUT2D eigenvalue weighted by Crippen LogP contribution is -2.19. The van der Waals surface area contributed by atoms with E-state index in [1.807, 2.05) is 36.5 Å². The van der Waals surface area contributed by atoms with E-state index >= 15 is 0 Å². The first-order chi connectivity index (χ1) is 9.20. The Morgan fingerprint density at radius 2 is 2.16 bits per heavy atom. The normalized spacial score (nSPS) is 12.2. The van der Waals surface area contributed by atoms with Crippen molar-refractivity contribution in [2.24, 2.45) is 0 Å². The number of benzene rings is 1. The van der Waals surface area contributed by atoms with Crippen molar-refractivity contribution in [1.29, 1.82) is 0 Å². The number of halogens is 1. The second-order valence-electron chi connectivity index (χ2n) is 4.31. The zero-order valence-electron chi connectivity index (χ0n) is 11.1. The maximum Gasteiger partial charge on any atom is 0.123 e. The number of pyridine rings is 1. The molecule has 100 valence electrons. The van der Waals surface area contributed by atoms with E-state index in [2.05, 4.69) is 39.2 Å². The number of hydrogen-bond acceptors (Lipinski definition) is 3. The molecule has 0 unspecified atom stereocenters. The maximum absolute atomic E-state index is 5.36. The van der Waals surface area contributed by atoms with Gasteiger partial charge in [-0.3, -0.25) is 4.98 Å². The first kappa shape index (κ1) is 14.0. The molecule has 0 aliphatic heterocycles. The number of nitrogens with zero attached hydrogens (tertiary/aromatic N) is 1. The van der Waals surface area contributed by atoms with Crippen LogP contribution in [0.25, 0.3) is 0 Å². The van der Waals surface area contributed by atoms with Gasteiger partial charge in [0, 0.05) is 28.8 Å². The van der Waals surface area contributed by atoms with Gasteiger partial charge in [-0.15, -0.1) is 0 Å². The molecular weight excluding hydrogens is 304 g/mol. The van der Waals surface area contributed by atoms with Gasteiger partial charge in [-0.05, 0) is 37.3 Å². The van der Waals surface area contributed by atoms with Gasteiger partial charge in [0.25, 0.3) is 0 Å². The third-order valence-electron chi connectivity index (χ3n) is 2.97. The molecular formula is C15H17BrN2O. The third-order valence-corrected chi connectivity index (χ3v) is 3.47. The highest BCUT2D eigenvalue weighted by Gasteiger charge is 2.08. The predicted molar refractivity (Wildman–Crippen MR) is 80.2 cm³/mol. The van der Waals surface area contributed by atoms with Gasteiger partial charge in [0.15, 0.2) is 0 Å². The van der Waals surface area contributed by atoms with Gasteiger partial charge in [-0.2, -0.15) is 0 Å². The van der Waals surface area contributed by atoms with Crippen LogP contribution in [0.15, 0.2) is 47.1 Å². The molecule has 0 amide bonds. The van der Waals surface area contributed by atoms with E-state index in [0.29, 0.717) is 0 Å². The Hall–Kier alpha value is -1.39. The van der Waals surface area contributed by atoms with Crippen LogP contribution in [0.3, 0.4) is 0 Å². The summed E-state index contributed by atoms with van der Waals surface area (Å²) >= 11 is 3.48. The molecule has 0 aliphatic carbocycles. The number of hydrogen-bond donors (Lipinski definition) is 1. The first-order valence-corrected chi connectivity index (χ1v) is 6.96. The summed E-state index contributed by atoms with van der Waals surface area (Å²) < 4.78 is 6.41. The molecule has 1 aromatic carbocycles. The molecule has 0 bridgehead atoms. The summed E-state index contributed by atoms with van der Waals surface area (Å²) in [6.07, 6.45) is 1.81.